The normalized spacial score (nSPS) is 12.7. The van der Waals surface area contributed by atoms with Crippen LogP contribution in [0.2, 0.25) is 0 Å². The lowest BCUT2D eigenvalue weighted by Gasteiger charge is -2.46. The standard InChI is InChI=1S/C23H24.C20H24S2.C20H26S.C14H16.C14H22.C10H14/c1-22(2,3)23(19-13-7-4-8-14-19,20-15-9-5-10-16-20)21-17-11-6-12-18-21;1-19(2,3)13-7-9-15-17(11-13)22-18-12-14(20(4,5)6)8-10-16(18)21-15;1-19(2,3)15-7-11-17(12-8-15)21-18-13-9-16(10-14-18)20(4,5)6;1-14(2,3)13-9-8-11-6-4-5-7-12(11)10-13;1-13(2,3)11-7-9-12(10-8-11)14(4,5)6;1-10(2,3)9-7-5-4-6-8-9/h4-18H,1-3H3;7-12H,1-6H3;7-14H,1-6H3;4-10H,1-3H3;7-10H,1-6H3;4-8H,1-3H3. The molecule has 0 amide bonds. The third-order valence-corrected chi connectivity index (χ3v) is 22.9. The number of benzene rings is 11. The Balaban J connectivity index is 0.000000178. The van der Waals surface area contributed by atoms with E-state index < -0.39 is 0 Å². The second kappa shape index (κ2) is 34.5. The Bertz CT molecular complexity index is 4170. The van der Waals surface area contributed by atoms with Gasteiger partial charge in [-0.2, -0.15) is 0 Å². The van der Waals surface area contributed by atoms with Crippen molar-refractivity contribution < 1.29 is 0 Å². The molecule has 548 valence electrons. The molecule has 11 aromatic rings. The summed E-state index contributed by atoms with van der Waals surface area (Å²) in [6.45, 7) is 61.1. The Morgan fingerprint density at radius 1 is 0.183 bits per heavy atom. The van der Waals surface area contributed by atoms with Crippen LogP contribution in [0, 0.1) is 5.41 Å². The van der Waals surface area contributed by atoms with Gasteiger partial charge in [0.25, 0.3) is 0 Å². The average molecular weight is 1440 g/mol. The van der Waals surface area contributed by atoms with Crippen LogP contribution in [0.15, 0.2) is 302 Å². The molecule has 0 fully saturated rings. The van der Waals surface area contributed by atoms with Crippen molar-refractivity contribution in [2.24, 2.45) is 5.41 Å². The fraction of sp³-hybridized carbons (Fsp3) is 0.366. The lowest BCUT2D eigenvalue weighted by atomic mass is 9.56. The van der Waals surface area contributed by atoms with Crippen molar-refractivity contribution in [3.05, 3.63) is 334 Å². The molecule has 0 unspecified atom stereocenters. The predicted molar refractivity (Wildman–Crippen MR) is 463 cm³/mol. The quantitative estimate of drug-likeness (QED) is 0.158. The molecular formula is C101H126S3. The zero-order valence-electron chi connectivity index (χ0n) is 68.7. The third-order valence-electron chi connectivity index (χ3n) is 19.4. The highest BCUT2D eigenvalue weighted by Crippen LogP contribution is 2.53. The van der Waals surface area contributed by atoms with Crippen LogP contribution in [0.4, 0.5) is 0 Å². The maximum Gasteiger partial charge on any atom is 0.0499 e. The Kier molecular flexibility index (Phi) is 27.9. The second-order valence-electron chi connectivity index (χ2n) is 37.3. The van der Waals surface area contributed by atoms with Crippen LogP contribution < -0.4 is 0 Å². The van der Waals surface area contributed by atoms with E-state index in [0.717, 1.165) is 0 Å². The van der Waals surface area contributed by atoms with Crippen LogP contribution in [0.5, 0.6) is 0 Å². The number of rotatable bonds is 5. The SMILES string of the molecule is CC(C)(C)C(c1ccccc1)(c1ccccc1)c1ccccc1.CC(C)(C)c1ccc(C(C)(C)C)cc1.CC(C)(C)c1ccc(Sc2ccc(C(C)(C)C)cc2)cc1.CC(C)(C)c1ccc2c(c1)Sc1cc(C(C)(C)C)ccc1S2.CC(C)(C)c1ccc2ccccc2c1.CC(C)(C)c1ccccc1. The van der Waals surface area contributed by atoms with Gasteiger partial charge in [0, 0.05) is 34.8 Å². The van der Waals surface area contributed by atoms with Crippen LogP contribution in [-0.2, 0) is 48.7 Å². The van der Waals surface area contributed by atoms with E-state index in [4.69, 9.17) is 0 Å². The molecule has 0 aliphatic carbocycles. The zero-order chi connectivity index (χ0) is 76.9. The fourth-order valence-corrected chi connectivity index (χ4v) is 15.7. The fourth-order valence-electron chi connectivity index (χ4n) is 12.6. The predicted octanol–water partition coefficient (Wildman–Crippen LogP) is 30.8. The minimum atomic E-state index is -0.184. The summed E-state index contributed by atoms with van der Waals surface area (Å²) in [5.74, 6) is 0. The van der Waals surface area contributed by atoms with Crippen molar-refractivity contribution in [1.82, 2.24) is 0 Å². The molecule has 0 spiro atoms. The maximum absolute atomic E-state index is 2.37. The summed E-state index contributed by atoms with van der Waals surface area (Å²) in [6.07, 6.45) is 0. The average Bonchev–Trinajstić information content (AvgIpc) is 0.728. The molecule has 0 bridgehead atoms. The van der Waals surface area contributed by atoms with E-state index in [2.05, 4.69) is 460 Å². The van der Waals surface area contributed by atoms with Gasteiger partial charge in [-0.15, -0.1) is 0 Å². The first-order valence-corrected chi connectivity index (χ1v) is 40.1. The molecule has 12 rings (SSSR count). The highest BCUT2D eigenvalue weighted by molar-refractivity contribution is 8.05. The van der Waals surface area contributed by atoms with Crippen molar-refractivity contribution in [3.8, 4) is 0 Å². The highest BCUT2D eigenvalue weighted by Gasteiger charge is 2.46. The van der Waals surface area contributed by atoms with E-state index in [0.29, 0.717) is 5.41 Å². The molecule has 0 saturated heterocycles. The van der Waals surface area contributed by atoms with E-state index in [-0.39, 0.29) is 48.7 Å². The summed E-state index contributed by atoms with van der Waals surface area (Å²) in [7, 11) is 0. The van der Waals surface area contributed by atoms with Gasteiger partial charge in [0.1, 0.15) is 0 Å². The number of hydrogen-bond donors (Lipinski definition) is 0. The molecule has 0 N–H and O–H groups in total. The largest absolute Gasteiger partial charge is 0.0901 e. The van der Waals surface area contributed by atoms with Gasteiger partial charge in [-0.3, -0.25) is 0 Å². The molecule has 0 nitrogen and oxygen atoms in total. The van der Waals surface area contributed by atoms with Crippen molar-refractivity contribution >= 4 is 46.1 Å². The molecule has 0 radical (unpaired) electrons. The van der Waals surface area contributed by atoms with Gasteiger partial charge in [0.2, 0.25) is 0 Å². The second-order valence-corrected chi connectivity index (χ2v) is 40.6. The highest BCUT2D eigenvalue weighted by atomic mass is 32.2. The smallest absolute Gasteiger partial charge is 0.0499 e. The van der Waals surface area contributed by atoms with Gasteiger partial charge >= 0.3 is 0 Å². The first-order valence-electron chi connectivity index (χ1n) is 37.6. The van der Waals surface area contributed by atoms with Gasteiger partial charge in [-0.05, 0) is 169 Å². The molecule has 0 aromatic heterocycles. The van der Waals surface area contributed by atoms with E-state index in [1.165, 1.54) is 101 Å². The first-order chi connectivity index (χ1) is 48.3. The third kappa shape index (κ3) is 23.6. The first kappa shape index (κ1) is 84.0. The topological polar surface area (TPSA) is 0 Å². The summed E-state index contributed by atoms with van der Waals surface area (Å²) in [5.41, 5.74) is 17.0. The minimum absolute atomic E-state index is 0.0249. The van der Waals surface area contributed by atoms with Gasteiger partial charge < -0.3 is 0 Å². The Labute approximate surface area is 646 Å². The summed E-state index contributed by atoms with van der Waals surface area (Å²) in [5, 5.41) is 2.65. The molecule has 0 atom stereocenters. The lowest BCUT2D eigenvalue weighted by molar-refractivity contribution is 0.272. The summed E-state index contributed by atoms with van der Waals surface area (Å²) >= 11 is 5.65. The Morgan fingerprint density at radius 2 is 0.404 bits per heavy atom. The van der Waals surface area contributed by atoms with Crippen molar-refractivity contribution in [2.45, 2.75) is 265 Å². The molecule has 3 heteroatoms. The maximum atomic E-state index is 2.37. The van der Waals surface area contributed by atoms with Crippen molar-refractivity contribution in [1.29, 1.82) is 0 Å². The Morgan fingerprint density at radius 3 is 0.683 bits per heavy atom. The van der Waals surface area contributed by atoms with E-state index in [1.807, 2.05) is 35.3 Å². The molecule has 1 aliphatic rings. The van der Waals surface area contributed by atoms with E-state index in [9.17, 15) is 0 Å². The van der Waals surface area contributed by atoms with Crippen LogP contribution in [-0.4, -0.2) is 0 Å². The van der Waals surface area contributed by atoms with Gasteiger partial charge in [-0.25, -0.2) is 0 Å². The summed E-state index contributed by atoms with van der Waals surface area (Å²) in [6, 6.07) is 99.2. The Hall–Kier alpha value is -7.27. The molecular weight excluding hydrogens is 1310 g/mol. The molecule has 1 aliphatic heterocycles. The van der Waals surface area contributed by atoms with Crippen LogP contribution in [0.3, 0.4) is 0 Å². The minimum Gasteiger partial charge on any atom is -0.0901 e. The summed E-state index contributed by atoms with van der Waals surface area (Å²) < 4.78 is 0. The molecule has 104 heavy (non-hydrogen) atoms. The summed E-state index contributed by atoms with van der Waals surface area (Å²) in [4.78, 5) is 8.16. The van der Waals surface area contributed by atoms with Crippen LogP contribution in [0.25, 0.3) is 10.8 Å². The van der Waals surface area contributed by atoms with Crippen molar-refractivity contribution in [3.63, 3.8) is 0 Å². The molecule has 1 heterocycles. The van der Waals surface area contributed by atoms with Gasteiger partial charge in [0.05, 0.1) is 0 Å². The lowest BCUT2D eigenvalue weighted by Crippen LogP contribution is -2.42. The zero-order valence-corrected chi connectivity index (χ0v) is 71.2. The van der Waals surface area contributed by atoms with Gasteiger partial charge in [-0.1, -0.05) is 447 Å². The number of fused-ring (bicyclic) bond motifs is 3. The number of hydrogen-bond acceptors (Lipinski definition) is 3. The monoisotopic (exact) mass is 1430 g/mol. The van der Waals surface area contributed by atoms with E-state index in [1.54, 1.807) is 0 Å². The van der Waals surface area contributed by atoms with Crippen molar-refractivity contribution in [2.75, 3.05) is 0 Å². The van der Waals surface area contributed by atoms with Gasteiger partial charge in [0.15, 0.2) is 0 Å². The van der Waals surface area contributed by atoms with Crippen LogP contribution >= 0.6 is 35.3 Å². The van der Waals surface area contributed by atoms with Crippen LogP contribution in [0.1, 0.15) is 248 Å². The van der Waals surface area contributed by atoms with E-state index >= 15 is 0 Å². The molecule has 0 saturated carbocycles. The molecule has 11 aromatic carbocycles.